The van der Waals surface area contributed by atoms with Crippen molar-refractivity contribution >= 4 is 22.5 Å². The zero-order valence-electron chi connectivity index (χ0n) is 18.7. The van der Waals surface area contributed by atoms with Crippen LogP contribution in [0.3, 0.4) is 0 Å². The van der Waals surface area contributed by atoms with Crippen molar-refractivity contribution in [2.24, 2.45) is 5.92 Å². The molecule has 29 heavy (non-hydrogen) atoms. The fraction of sp³-hybridized carbons (Fsp3) is 0.609. The molecule has 1 amide bonds. The van der Waals surface area contributed by atoms with Crippen LogP contribution in [0, 0.1) is 5.92 Å². The van der Waals surface area contributed by atoms with E-state index in [1.807, 2.05) is 6.07 Å². The molecule has 1 aromatic carbocycles. The van der Waals surface area contributed by atoms with Gasteiger partial charge in [0.1, 0.15) is 0 Å². The molecule has 3 atom stereocenters. The molecule has 0 radical (unpaired) electrons. The van der Waals surface area contributed by atoms with Crippen LogP contribution in [0.15, 0.2) is 30.5 Å². The van der Waals surface area contributed by atoms with E-state index in [9.17, 15) is 4.79 Å². The van der Waals surface area contributed by atoms with Gasteiger partial charge >= 0.3 is 0 Å². The van der Waals surface area contributed by atoms with E-state index in [-0.39, 0.29) is 30.1 Å². The third-order valence-electron chi connectivity index (χ3n) is 5.57. The molecule has 1 aliphatic heterocycles. The van der Waals surface area contributed by atoms with E-state index in [2.05, 4.69) is 85.9 Å². The minimum atomic E-state index is -0.163. The van der Waals surface area contributed by atoms with Crippen molar-refractivity contribution in [2.75, 3.05) is 39.0 Å². The van der Waals surface area contributed by atoms with Crippen molar-refractivity contribution in [3.8, 4) is 0 Å². The molecule has 160 valence electrons. The average molecular weight is 401 g/mol. The molecule has 2 aromatic rings. The molecule has 0 aliphatic carbocycles. The first-order valence-electron chi connectivity index (χ1n) is 10.7. The number of amides is 1. The summed E-state index contributed by atoms with van der Waals surface area (Å²) in [5, 5.41) is 4.31. The highest BCUT2D eigenvalue weighted by Crippen LogP contribution is 2.23. The fourth-order valence-corrected chi connectivity index (χ4v) is 4.33. The number of benzene rings is 1. The Morgan fingerprint density at radius 3 is 2.52 bits per heavy atom. The molecule has 1 N–H and O–H groups in total. The zero-order chi connectivity index (χ0) is 21.1. The van der Waals surface area contributed by atoms with Gasteiger partial charge in [0, 0.05) is 49.0 Å². The predicted octanol–water partition coefficient (Wildman–Crippen LogP) is 3.28. The Labute approximate surface area is 174 Å². The largest absolute Gasteiger partial charge is 0.373 e. The zero-order valence-corrected chi connectivity index (χ0v) is 18.7. The van der Waals surface area contributed by atoms with Crippen molar-refractivity contribution in [1.29, 1.82) is 0 Å². The summed E-state index contributed by atoms with van der Waals surface area (Å²) in [5.41, 5.74) is 2.05. The van der Waals surface area contributed by atoms with E-state index >= 15 is 0 Å². The molecule has 1 aromatic heterocycles. The molecule has 0 saturated carbocycles. The van der Waals surface area contributed by atoms with Gasteiger partial charge in [-0.2, -0.15) is 0 Å². The second-order valence-corrected chi connectivity index (χ2v) is 8.98. The Bertz CT molecular complexity index is 819. The lowest BCUT2D eigenvalue weighted by molar-refractivity contribution is -0.130. The van der Waals surface area contributed by atoms with Gasteiger partial charge in [-0.3, -0.25) is 9.69 Å². The van der Waals surface area contributed by atoms with E-state index in [0.29, 0.717) is 0 Å². The van der Waals surface area contributed by atoms with Crippen molar-refractivity contribution in [1.82, 2.24) is 14.4 Å². The maximum absolute atomic E-state index is 13.2. The van der Waals surface area contributed by atoms with Gasteiger partial charge in [-0.1, -0.05) is 13.8 Å². The first-order valence-corrected chi connectivity index (χ1v) is 10.7. The molecule has 0 bridgehead atoms. The highest BCUT2D eigenvalue weighted by atomic mass is 16.5. The SMILES string of the molecule is CC1CN(C(C(=O)Nc2ccc3c(ccn3CCN(C)C)c2)C(C)C)CC(C)O1. The Morgan fingerprint density at radius 2 is 1.90 bits per heavy atom. The van der Waals surface area contributed by atoms with Crippen molar-refractivity contribution < 1.29 is 9.53 Å². The first kappa shape index (κ1) is 21.8. The van der Waals surface area contributed by atoms with Gasteiger partial charge in [-0.15, -0.1) is 0 Å². The maximum atomic E-state index is 13.2. The molecule has 3 unspecified atom stereocenters. The number of hydrogen-bond donors (Lipinski definition) is 1. The molecule has 6 heteroatoms. The number of aromatic nitrogens is 1. The number of carbonyl (C=O) groups excluding carboxylic acids is 1. The number of nitrogens with one attached hydrogen (secondary N) is 1. The van der Waals surface area contributed by atoms with Gasteiger partial charge in [0.05, 0.1) is 18.2 Å². The maximum Gasteiger partial charge on any atom is 0.241 e. The standard InChI is InChI=1S/C23H36N4O2/c1-16(2)22(27-14-17(3)29-18(4)15-27)23(28)24-20-7-8-21-19(13-20)9-10-26(21)12-11-25(5)6/h7-10,13,16-18,22H,11-12,14-15H2,1-6H3,(H,24,28). The van der Waals surface area contributed by atoms with Crippen LogP contribution >= 0.6 is 0 Å². The van der Waals surface area contributed by atoms with Crippen LogP contribution in [0.25, 0.3) is 10.9 Å². The summed E-state index contributed by atoms with van der Waals surface area (Å²) >= 11 is 0. The van der Waals surface area contributed by atoms with Crippen LogP contribution in [0.2, 0.25) is 0 Å². The number of rotatable bonds is 7. The Morgan fingerprint density at radius 1 is 1.21 bits per heavy atom. The van der Waals surface area contributed by atoms with Crippen LogP contribution < -0.4 is 5.32 Å². The predicted molar refractivity (Wildman–Crippen MR) is 119 cm³/mol. The van der Waals surface area contributed by atoms with E-state index in [1.165, 1.54) is 5.52 Å². The molecule has 1 saturated heterocycles. The van der Waals surface area contributed by atoms with Gasteiger partial charge in [0.25, 0.3) is 0 Å². The Kier molecular flexibility index (Phi) is 6.98. The minimum Gasteiger partial charge on any atom is -0.373 e. The third-order valence-corrected chi connectivity index (χ3v) is 5.57. The third kappa shape index (κ3) is 5.38. The van der Waals surface area contributed by atoms with Gasteiger partial charge in [-0.25, -0.2) is 0 Å². The first-order chi connectivity index (χ1) is 13.7. The van der Waals surface area contributed by atoms with E-state index in [0.717, 1.165) is 37.3 Å². The molecule has 1 aliphatic rings. The number of likely N-dealkylation sites (N-methyl/N-ethyl adjacent to an activating group) is 1. The molecule has 1 fully saturated rings. The van der Waals surface area contributed by atoms with Gasteiger partial charge < -0.3 is 19.5 Å². The number of hydrogen-bond acceptors (Lipinski definition) is 4. The van der Waals surface area contributed by atoms with Crippen molar-refractivity contribution in [2.45, 2.75) is 52.5 Å². The second kappa shape index (κ2) is 9.28. The van der Waals surface area contributed by atoms with Gasteiger partial charge in [0.15, 0.2) is 0 Å². The number of morpholine rings is 1. The minimum absolute atomic E-state index is 0.0627. The molecule has 6 nitrogen and oxygen atoms in total. The summed E-state index contributed by atoms with van der Waals surface area (Å²) in [6, 6.07) is 8.13. The van der Waals surface area contributed by atoms with Crippen LogP contribution in [0.4, 0.5) is 5.69 Å². The summed E-state index contributed by atoms with van der Waals surface area (Å²) in [6.45, 7) is 11.9. The van der Waals surface area contributed by atoms with Gasteiger partial charge in [-0.05, 0) is 58.1 Å². The highest BCUT2D eigenvalue weighted by Gasteiger charge is 2.34. The number of anilines is 1. The van der Waals surface area contributed by atoms with Crippen LogP contribution in [-0.4, -0.2) is 72.3 Å². The summed E-state index contributed by atoms with van der Waals surface area (Å²) < 4.78 is 8.11. The number of fused-ring (bicyclic) bond motifs is 1. The lowest BCUT2D eigenvalue weighted by Crippen LogP contribution is -2.55. The molecule has 2 heterocycles. The van der Waals surface area contributed by atoms with Crippen molar-refractivity contribution in [3.05, 3.63) is 30.5 Å². The quantitative estimate of drug-likeness (QED) is 0.775. The normalized spacial score (nSPS) is 21.8. The Balaban J connectivity index is 1.73. The lowest BCUT2D eigenvalue weighted by atomic mass is 9.99. The topological polar surface area (TPSA) is 49.7 Å². The molecule has 0 spiro atoms. The summed E-state index contributed by atoms with van der Waals surface area (Å²) in [5.74, 6) is 0.288. The lowest BCUT2D eigenvalue weighted by Gasteiger charge is -2.41. The van der Waals surface area contributed by atoms with E-state index < -0.39 is 0 Å². The van der Waals surface area contributed by atoms with Crippen LogP contribution in [0.5, 0.6) is 0 Å². The fourth-order valence-electron chi connectivity index (χ4n) is 4.33. The van der Waals surface area contributed by atoms with E-state index in [1.54, 1.807) is 0 Å². The summed E-state index contributed by atoms with van der Waals surface area (Å²) in [4.78, 5) is 17.6. The number of carbonyl (C=O) groups is 1. The molecular formula is C23H36N4O2. The molecular weight excluding hydrogens is 364 g/mol. The van der Waals surface area contributed by atoms with Crippen LogP contribution in [0.1, 0.15) is 27.7 Å². The van der Waals surface area contributed by atoms with Crippen LogP contribution in [-0.2, 0) is 16.1 Å². The number of nitrogens with zero attached hydrogens (tertiary/aromatic N) is 3. The second-order valence-electron chi connectivity index (χ2n) is 8.98. The molecule has 3 rings (SSSR count). The smallest absolute Gasteiger partial charge is 0.241 e. The Hall–Kier alpha value is -1.89. The number of ether oxygens (including phenoxy) is 1. The van der Waals surface area contributed by atoms with Gasteiger partial charge in [0.2, 0.25) is 5.91 Å². The van der Waals surface area contributed by atoms with Crippen molar-refractivity contribution in [3.63, 3.8) is 0 Å². The van der Waals surface area contributed by atoms with E-state index in [4.69, 9.17) is 4.74 Å². The monoisotopic (exact) mass is 400 g/mol. The summed E-state index contributed by atoms with van der Waals surface area (Å²) in [6.07, 6.45) is 2.41. The highest BCUT2D eigenvalue weighted by molar-refractivity contribution is 5.97. The average Bonchev–Trinajstić information content (AvgIpc) is 3.01. The summed E-state index contributed by atoms with van der Waals surface area (Å²) in [7, 11) is 4.17.